The van der Waals surface area contributed by atoms with E-state index < -0.39 is 11.6 Å². The first-order valence-electron chi connectivity index (χ1n) is 6.87. The van der Waals surface area contributed by atoms with Gasteiger partial charge in [-0.2, -0.15) is 0 Å². The number of hydrogen-bond donors (Lipinski definition) is 1. The molecule has 1 aromatic rings. The molecular formula is C15H20F2N2O. The Morgan fingerprint density at radius 1 is 1.35 bits per heavy atom. The number of amides is 1. The SMILES string of the molecule is CC(c1ccc(F)c(F)c1)N(C)C(=O)C1CCC(N)C1. The fourth-order valence-electron chi connectivity index (χ4n) is 2.72. The molecule has 2 N–H and O–H groups in total. The largest absolute Gasteiger partial charge is 0.339 e. The van der Waals surface area contributed by atoms with Crippen LogP contribution in [0.2, 0.25) is 0 Å². The van der Waals surface area contributed by atoms with E-state index in [0.29, 0.717) is 12.0 Å². The van der Waals surface area contributed by atoms with Crippen LogP contribution in [0, 0.1) is 17.6 Å². The number of benzene rings is 1. The highest BCUT2D eigenvalue weighted by Gasteiger charge is 2.31. The first-order chi connectivity index (χ1) is 9.40. The lowest BCUT2D eigenvalue weighted by Gasteiger charge is -2.28. The first-order valence-corrected chi connectivity index (χ1v) is 6.87. The van der Waals surface area contributed by atoms with Crippen molar-refractivity contribution in [2.75, 3.05) is 7.05 Å². The summed E-state index contributed by atoms with van der Waals surface area (Å²) in [6.07, 6.45) is 2.37. The Labute approximate surface area is 117 Å². The van der Waals surface area contributed by atoms with E-state index in [1.54, 1.807) is 18.9 Å². The molecule has 1 saturated carbocycles. The highest BCUT2D eigenvalue weighted by Crippen LogP contribution is 2.29. The van der Waals surface area contributed by atoms with Crippen molar-refractivity contribution in [3.63, 3.8) is 0 Å². The summed E-state index contributed by atoms with van der Waals surface area (Å²) in [4.78, 5) is 14.0. The maximum atomic E-state index is 13.3. The van der Waals surface area contributed by atoms with Gasteiger partial charge in [0.15, 0.2) is 11.6 Å². The molecule has 110 valence electrons. The maximum Gasteiger partial charge on any atom is 0.225 e. The molecule has 0 heterocycles. The summed E-state index contributed by atoms with van der Waals surface area (Å²) in [7, 11) is 1.69. The molecule has 5 heteroatoms. The quantitative estimate of drug-likeness (QED) is 0.926. The first kappa shape index (κ1) is 14.9. The van der Waals surface area contributed by atoms with Crippen molar-refractivity contribution in [1.82, 2.24) is 4.90 Å². The van der Waals surface area contributed by atoms with E-state index in [4.69, 9.17) is 5.73 Å². The maximum absolute atomic E-state index is 13.3. The number of halogens is 2. The average molecular weight is 282 g/mol. The van der Waals surface area contributed by atoms with Gasteiger partial charge in [0.1, 0.15) is 0 Å². The van der Waals surface area contributed by atoms with E-state index in [9.17, 15) is 13.6 Å². The Morgan fingerprint density at radius 2 is 2.05 bits per heavy atom. The van der Waals surface area contributed by atoms with Gasteiger partial charge in [0.2, 0.25) is 5.91 Å². The van der Waals surface area contributed by atoms with E-state index in [-0.39, 0.29) is 23.9 Å². The predicted molar refractivity (Wildman–Crippen MR) is 72.9 cm³/mol. The molecule has 0 saturated heterocycles. The number of rotatable bonds is 3. The lowest BCUT2D eigenvalue weighted by Crippen LogP contribution is -2.34. The molecule has 0 aromatic heterocycles. The van der Waals surface area contributed by atoms with Crippen molar-refractivity contribution in [3.8, 4) is 0 Å². The Balaban J connectivity index is 2.09. The molecule has 3 unspecified atom stereocenters. The summed E-state index contributed by atoms with van der Waals surface area (Å²) in [5, 5.41) is 0. The van der Waals surface area contributed by atoms with E-state index in [1.807, 2.05) is 0 Å². The highest BCUT2D eigenvalue weighted by atomic mass is 19.2. The lowest BCUT2D eigenvalue weighted by atomic mass is 10.0. The highest BCUT2D eigenvalue weighted by molar-refractivity contribution is 5.79. The average Bonchev–Trinajstić information content (AvgIpc) is 2.86. The number of carbonyl (C=O) groups excluding carboxylic acids is 1. The molecule has 0 radical (unpaired) electrons. The Morgan fingerprint density at radius 3 is 2.60 bits per heavy atom. The van der Waals surface area contributed by atoms with Gasteiger partial charge in [-0.25, -0.2) is 8.78 Å². The minimum Gasteiger partial charge on any atom is -0.339 e. The van der Waals surface area contributed by atoms with Crippen molar-refractivity contribution in [2.45, 2.75) is 38.3 Å². The predicted octanol–water partition coefficient (Wildman–Crippen LogP) is 2.61. The third-order valence-electron chi connectivity index (χ3n) is 4.18. The van der Waals surface area contributed by atoms with Gasteiger partial charge in [0.25, 0.3) is 0 Å². The summed E-state index contributed by atoms with van der Waals surface area (Å²) < 4.78 is 26.2. The second kappa shape index (κ2) is 5.87. The monoisotopic (exact) mass is 282 g/mol. The zero-order valence-corrected chi connectivity index (χ0v) is 11.8. The molecule has 0 spiro atoms. The lowest BCUT2D eigenvalue weighted by molar-refractivity contribution is -0.136. The van der Waals surface area contributed by atoms with Crippen molar-refractivity contribution in [3.05, 3.63) is 35.4 Å². The van der Waals surface area contributed by atoms with Gasteiger partial charge in [0.05, 0.1) is 6.04 Å². The van der Waals surface area contributed by atoms with Gasteiger partial charge < -0.3 is 10.6 Å². The fourth-order valence-corrected chi connectivity index (χ4v) is 2.72. The van der Waals surface area contributed by atoms with Crippen molar-refractivity contribution in [2.24, 2.45) is 11.7 Å². The zero-order valence-electron chi connectivity index (χ0n) is 11.8. The molecule has 1 fully saturated rings. The molecule has 1 amide bonds. The van der Waals surface area contributed by atoms with Gasteiger partial charge in [0, 0.05) is 19.0 Å². The smallest absolute Gasteiger partial charge is 0.225 e. The third kappa shape index (κ3) is 2.98. The minimum atomic E-state index is -0.891. The topological polar surface area (TPSA) is 46.3 Å². The van der Waals surface area contributed by atoms with Crippen LogP contribution in [0.4, 0.5) is 8.78 Å². The van der Waals surface area contributed by atoms with Crippen molar-refractivity contribution < 1.29 is 13.6 Å². The number of carbonyl (C=O) groups is 1. The van der Waals surface area contributed by atoms with Gasteiger partial charge in [-0.15, -0.1) is 0 Å². The number of nitrogens with two attached hydrogens (primary N) is 1. The summed E-state index contributed by atoms with van der Waals surface area (Å²) in [6.45, 7) is 1.81. The van der Waals surface area contributed by atoms with Crippen LogP contribution in [0.1, 0.15) is 37.8 Å². The molecule has 3 atom stereocenters. The molecule has 0 aliphatic heterocycles. The van der Waals surface area contributed by atoms with Crippen LogP contribution in [0.25, 0.3) is 0 Å². The van der Waals surface area contributed by atoms with Crippen LogP contribution in [-0.2, 0) is 4.79 Å². The van der Waals surface area contributed by atoms with Crippen LogP contribution in [-0.4, -0.2) is 23.9 Å². The minimum absolute atomic E-state index is 0.0233. The van der Waals surface area contributed by atoms with Crippen LogP contribution < -0.4 is 5.73 Å². The van der Waals surface area contributed by atoms with Gasteiger partial charge >= 0.3 is 0 Å². The van der Waals surface area contributed by atoms with Crippen molar-refractivity contribution >= 4 is 5.91 Å². The zero-order chi connectivity index (χ0) is 14.9. The molecule has 3 nitrogen and oxygen atoms in total. The number of hydrogen-bond acceptors (Lipinski definition) is 2. The summed E-state index contributed by atoms with van der Waals surface area (Å²) >= 11 is 0. The second-order valence-corrected chi connectivity index (χ2v) is 5.57. The van der Waals surface area contributed by atoms with Crippen LogP contribution >= 0.6 is 0 Å². The summed E-state index contributed by atoms with van der Waals surface area (Å²) in [5.41, 5.74) is 6.41. The normalized spacial score (nSPS) is 23.6. The molecule has 2 rings (SSSR count). The molecule has 1 aliphatic rings. The Hall–Kier alpha value is -1.49. The second-order valence-electron chi connectivity index (χ2n) is 5.57. The van der Waals surface area contributed by atoms with Gasteiger partial charge in [-0.1, -0.05) is 6.07 Å². The fraction of sp³-hybridized carbons (Fsp3) is 0.533. The Bertz CT molecular complexity index is 507. The van der Waals surface area contributed by atoms with E-state index in [1.165, 1.54) is 6.07 Å². The van der Waals surface area contributed by atoms with Crippen molar-refractivity contribution in [1.29, 1.82) is 0 Å². The molecule has 1 aromatic carbocycles. The molecule has 0 bridgehead atoms. The van der Waals surface area contributed by atoms with Gasteiger partial charge in [-0.3, -0.25) is 4.79 Å². The molecular weight excluding hydrogens is 262 g/mol. The standard InChI is InChI=1S/C15H20F2N2O/c1-9(10-4-6-13(16)14(17)8-10)19(2)15(20)11-3-5-12(18)7-11/h4,6,8-9,11-12H,3,5,7,18H2,1-2H3. The van der Waals surface area contributed by atoms with E-state index in [2.05, 4.69) is 0 Å². The van der Waals surface area contributed by atoms with Crippen LogP contribution in [0.5, 0.6) is 0 Å². The van der Waals surface area contributed by atoms with E-state index in [0.717, 1.165) is 25.0 Å². The van der Waals surface area contributed by atoms with Gasteiger partial charge in [-0.05, 0) is 43.9 Å². The van der Waals surface area contributed by atoms with Crippen LogP contribution in [0.15, 0.2) is 18.2 Å². The number of nitrogens with zero attached hydrogens (tertiary/aromatic N) is 1. The van der Waals surface area contributed by atoms with Crippen LogP contribution in [0.3, 0.4) is 0 Å². The Kier molecular flexibility index (Phi) is 4.38. The van der Waals surface area contributed by atoms with E-state index >= 15 is 0 Å². The molecule has 1 aliphatic carbocycles. The summed E-state index contributed by atoms with van der Waals surface area (Å²) in [6, 6.07) is 3.54. The summed E-state index contributed by atoms with van der Waals surface area (Å²) in [5.74, 6) is -1.80. The third-order valence-corrected chi connectivity index (χ3v) is 4.18. The molecule has 20 heavy (non-hydrogen) atoms.